The highest BCUT2D eigenvalue weighted by atomic mass is 31.2. The molecule has 0 saturated heterocycles. The summed E-state index contributed by atoms with van der Waals surface area (Å²) in [5.74, 6) is -0.874. The first-order valence-corrected chi connectivity index (χ1v) is 27.2. The molecule has 0 aliphatic rings. The normalized spacial score (nSPS) is 12.5. The zero-order valence-corrected chi connectivity index (χ0v) is 40.3. The number of hydrogen-bond acceptors (Lipinski definition) is 6. The molecule has 0 radical (unpaired) electrons. The maximum absolute atomic E-state index is 12.5. The molecular formula is C51H97O8P. The molecule has 0 fully saturated rings. The summed E-state index contributed by atoms with van der Waals surface area (Å²) in [6, 6.07) is 0. The van der Waals surface area contributed by atoms with Crippen LogP contribution in [0.5, 0.6) is 0 Å². The van der Waals surface area contributed by atoms with E-state index in [4.69, 9.17) is 19.3 Å². The minimum absolute atomic E-state index is 0.217. The number of carbonyl (C=O) groups excluding carboxylic acids is 2. The second kappa shape index (κ2) is 47.0. The number of phosphoric ester groups is 1. The van der Waals surface area contributed by atoms with Gasteiger partial charge in [0.05, 0.1) is 6.61 Å². The maximum atomic E-state index is 12.5. The van der Waals surface area contributed by atoms with E-state index in [0.29, 0.717) is 6.42 Å². The van der Waals surface area contributed by atoms with Gasteiger partial charge in [-0.2, -0.15) is 0 Å². The molecule has 0 aromatic rings. The molecule has 354 valence electrons. The van der Waals surface area contributed by atoms with Crippen LogP contribution < -0.4 is 0 Å². The van der Waals surface area contributed by atoms with Gasteiger partial charge in [0.25, 0.3) is 0 Å². The van der Waals surface area contributed by atoms with Gasteiger partial charge < -0.3 is 19.3 Å². The van der Waals surface area contributed by atoms with E-state index in [-0.39, 0.29) is 19.4 Å². The summed E-state index contributed by atoms with van der Waals surface area (Å²) in [5.41, 5.74) is 0. The van der Waals surface area contributed by atoms with Crippen molar-refractivity contribution in [2.24, 2.45) is 0 Å². The third-order valence-electron chi connectivity index (χ3n) is 11.5. The molecule has 0 bridgehead atoms. The number of unbranched alkanes of at least 4 members (excludes halogenated alkanes) is 34. The number of rotatable bonds is 48. The predicted molar refractivity (Wildman–Crippen MR) is 253 cm³/mol. The number of esters is 2. The van der Waals surface area contributed by atoms with Gasteiger partial charge in [-0.25, -0.2) is 4.57 Å². The fraction of sp³-hybridized carbons (Fsp3) is 0.882. The molecule has 0 amide bonds. The summed E-state index contributed by atoms with van der Waals surface area (Å²) in [6.45, 7) is 3.71. The van der Waals surface area contributed by atoms with Gasteiger partial charge in [0.2, 0.25) is 0 Å². The molecule has 0 rings (SSSR count). The van der Waals surface area contributed by atoms with Crippen LogP contribution in [0.1, 0.15) is 271 Å². The first-order valence-electron chi connectivity index (χ1n) is 25.6. The van der Waals surface area contributed by atoms with E-state index in [2.05, 4.69) is 42.7 Å². The van der Waals surface area contributed by atoms with Gasteiger partial charge in [0.15, 0.2) is 6.10 Å². The Balaban J connectivity index is 3.78. The third-order valence-corrected chi connectivity index (χ3v) is 12.0. The van der Waals surface area contributed by atoms with E-state index in [1.54, 1.807) is 0 Å². The molecule has 9 heteroatoms. The Morgan fingerprint density at radius 3 is 1.13 bits per heavy atom. The topological polar surface area (TPSA) is 119 Å². The van der Waals surface area contributed by atoms with E-state index in [0.717, 1.165) is 44.9 Å². The minimum Gasteiger partial charge on any atom is -0.462 e. The molecule has 2 N–H and O–H groups in total. The Kier molecular flexibility index (Phi) is 45.9. The largest absolute Gasteiger partial charge is 0.469 e. The van der Waals surface area contributed by atoms with Crippen LogP contribution >= 0.6 is 7.82 Å². The first-order chi connectivity index (χ1) is 29.3. The number of ether oxygens (including phenoxy) is 2. The van der Waals surface area contributed by atoms with Crippen molar-refractivity contribution < 1.29 is 37.9 Å². The Labute approximate surface area is 370 Å². The van der Waals surface area contributed by atoms with Gasteiger partial charge in [-0.15, -0.1) is 0 Å². The summed E-state index contributed by atoms with van der Waals surface area (Å²) in [4.78, 5) is 43.1. The Morgan fingerprint density at radius 1 is 0.433 bits per heavy atom. The Hall–Kier alpha value is -1.47. The first kappa shape index (κ1) is 58.5. The van der Waals surface area contributed by atoms with Crippen LogP contribution in [0.4, 0.5) is 0 Å². The molecule has 60 heavy (non-hydrogen) atoms. The lowest BCUT2D eigenvalue weighted by molar-refractivity contribution is -0.161. The Morgan fingerprint density at radius 2 is 0.750 bits per heavy atom. The lowest BCUT2D eigenvalue weighted by atomic mass is 10.0. The van der Waals surface area contributed by atoms with Crippen molar-refractivity contribution in [2.75, 3.05) is 13.2 Å². The molecule has 1 atom stereocenters. The zero-order valence-electron chi connectivity index (χ0n) is 39.4. The van der Waals surface area contributed by atoms with Gasteiger partial charge in [0.1, 0.15) is 6.61 Å². The van der Waals surface area contributed by atoms with E-state index >= 15 is 0 Å². The van der Waals surface area contributed by atoms with Crippen molar-refractivity contribution in [3.63, 3.8) is 0 Å². The molecule has 0 heterocycles. The van der Waals surface area contributed by atoms with Gasteiger partial charge in [-0.3, -0.25) is 14.1 Å². The number of hydrogen-bond donors (Lipinski definition) is 2. The quantitative estimate of drug-likeness (QED) is 0.0269. The van der Waals surface area contributed by atoms with Crippen LogP contribution in [-0.4, -0.2) is 41.0 Å². The molecule has 0 unspecified atom stereocenters. The van der Waals surface area contributed by atoms with Gasteiger partial charge in [0, 0.05) is 12.8 Å². The van der Waals surface area contributed by atoms with Gasteiger partial charge in [-0.1, -0.05) is 237 Å². The lowest BCUT2D eigenvalue weighted by Crippen LogP contribution is -2.29. The molecule has 0 aliphatic heterocycles. The standard InChI is InChI=1S/C51H97O8P/c1-3-5-7-9-11-13-15-17-19-21-23-24-25-26-28-30-32-34-36-38-40-42-44-46-51(53)59-49(48-58-60(54,55)56)47-57-50(52)45-43-41-39-37-35-33-31-29-27-22-20-18-16-14-12-10-8-6-4-2/h12,14,18,20,49H,3-11,13,15-17,19,21-48H2,1-2H3,(H2,54,55,56)/b14-12+,20-18+/t49-/m1/s1. The van der Waals surface area contributed by atoms with Crippen LogP contribution in [0.25, 0.3) is 0 Å². The molecule has 0 saturated carbocycles. The van der Waals surface area contributed by atoms with Crippen molar-refractivity contribution in [1.82, 2.24) is 0 Å². The highest BCUT2D eigenvalue weighted by molar-refractivity contribution is 7.46. The summed E-state index contributed by atoms with van der Waals surface area (Å²) >= 11 is 0. The smallest absolute Gasteiger partial charge is 0.462 e. The molecule has 0 spiro atoms. The van der Waals surface area contributed by atoms with Crippen LogP contribution in [0.15, 0.2) is 24.3 Å². The van der Waals surface area contributed by atoms with Gasteiger partial charge in [-0.05, 0) is 44.9 Å². The van der Waals surface area contributed by atoms with E-state index in [1.807, 2.05) is 0 Å². The predicted octanol–water partition coefficient (Wildman–Crippen LogP) is 16.3. The lowest BCUT2D eigenvalue weighted by Gasteiger charge is -2.18. The second-order valence-corrected chi connectivity index (χ2v) is 18.7. The second-order valence-electron chi connectivity index (χ2n) is 17.5. The highest BCUT2D eigenvalue weighted by Crippen LogP contribution is 2.36. The van der Waals surface area contributed by atoms with Crippen LogP contribution in [0.2, 0.25) is 0 Å². The minimum atomic E-state index is -4.76. The fourth-order valence-electron chi connectivity index (χ4n) is 7.64. The van der Waals surface area contributed by atoms with Crippen LogP contribution in [-0.2, 0) is 28.2 Å². The summed E-state index contributed by atoms with van der Waals surface area (Å²) in [6.07, 6.45) is 56.3. The van der Waals surface area contributed by atoms with Crippen molar-refractivity contribution in [3.8, 4) is 0 Å². The van der Waals surface area contributed by atoms with Crippen LogP contribution in [0, 0.1) is 0 Å². The monoisotopic (exact) mass is 869 g/mol. The number of allylic oxidation sites excluding steroid dienone is 4. The Bertz CT molecular complexity index is 1020. The molecule has 0 aliphatic carbocycles. The van der Waals surface area contributed by atoms with Crippen LogP contribution in [0.3, 0.4) is 0 Å². The van der Waals surface area contributed by atoms with Gasteiger partial charge >= 0.3 is 19.8 Å². The molecule has 8 nitrogen and oxygen atoms in total. The number of phosphoric acid groups is 1. The average Bonchev–Trinajstić information content (AvgIpc) is 3.22. The van der Waals surface area contributed by atoms with E-state index in [9.17, 15) is 14.2 Å². The third kappa shape index (κ3) is 49.2. The summed E-state index contributed by atoms with van der Waals surface area (Å²) in [5, 5.41) is 0. The summed E-state index contributed by atoms with van der Waals surface area (Å²) < 4.78 is 26.5. The average molecular weight is 869 g/mol. The van der Waals surface area contributed by atoms with Crippen molar-refractivity contribution in [3.05, 3.63) is 24.3 Å². The SMILES string of the molecule is CCCCC/C=C/C/C=C/CCCCCCCCCCCC(=O)OC[C@H](COP(=O)(O)O)OC(=O)CCCCCCCCCCCCCCCCCCCCCCCCC. The molecule has 0 aromatic carbocycles. The fourth-order valence-corrected chi connectivity index (χ4v) is 8.00. The van der Waals surface area contributed by atoms with E-state index in [1.165, 1.54) is 193 Å². The number of carbonyl (C=O) groups is 2. The van der Waals surface area contributed by atoms with E-state index < -0.39 is 32.5 Å². The molecular weight excluding hydrogens is 772 g/mol. The summed E-state index contributed by atoms with van der Waals surface area (Å²) in [7, 11) is -4.76. The van der Waals surface area contributed by atoms with Crippen molar-refractivity contribution in [1.29, 1.82) is 0 Å². The maximum Gasteiger partial charge on any atom is 0.469 e. The highest BCUT2D eigenvalue weighted by Gasteiger charge is 2.23. The van der Waals surface area contributed by atoms with Crippen molar-refractivity contribution in [2.45, 2.75) is 277 Å². The van der Waals surface area contributed by atoms with Crippen molar-refractivity contribution >= 4 is 19.8 Å². The zero-order chi connectivity index (χ0) is 43.9. The molecule has 0 aromatic heterocycles.